The maximum absolute atomic E-state index is 13.7. The van der Waals surface area contributed by atoms with Gasteiger partial charge in [-0.2, -0.15) is 0 Å². The summed E-state index contributed by atoms with van der Waals surface area (Å²) in [6, 6.07) is 6.44. The van der Waals surface area contributed by atoms with E-state index in [9.17, 15) is 13.2 Å². The van der Waals surface area contributed by atoms with Crippen LogP contribution >= 0.6 is 23.2 Å². The normalized spacial score (nSPS) is 19.2. The SMILES string of the molecule is CCCCCCOc1c(Cl)cc(C(=O)N(Cc2ccc(N3CCCCC3)o2)C2CCS(=O)(=O)C2)cc1Cl. The van der Waals surface area contributed by atoms with E-state index < -0.39 is 15.9 Å². The van der Waals surface area contributed by atoms with Crippen LogP contribution in [0.4, 0.5) is 5.88 Å². The third-order valence-corrected chi connectivity index (χ3v) is 9.35. The molecule has 0 spiro atoms. The highest BCUT2D eigenvalue weighted by molar-refractivity contribution is 7.91. The van der Waals surface area contributed by atoms with Crippen LogP contribution in [-0.4, -0.2) is 56.5 Å². The van der Waals surface area contributed by atoms with Gasteiger partial charge in [-0.05, 0) is 50.3 Å². The second-order valence-electron chi connectivity index (χ2n) is 9.96. The van der Waals surface area contributed by atoms with Crippen molar-refractivity contribution in [2.24, 2.45) is 0 Å². The Morgan fingerprint density at radius 2 is 1.84 bits per heavy atom. The molecular weight excluding hydrogens is 535 g/mol. The number of carbonyl (C=O) groups is 1. The van der Waals surface area contributed by atoms with Crippen molar-refractivity contribution >= 4 is 44.8 Å². The number of ether oxygens (including phenoxy) is 1. The lowest BCUT2D eigenvalue weighted by Crippen LogP contribution is -2.40. The minimum absolute atomic E-state index is 0.0605. The molecule has 0 bridgehead atoms. The summed E-state index contributed by atoms with van der Waals surface area (Å²) in [5.41, 5.74) is 0.292. The van der Waals surface area contributed by atoms with Crippen LogP contribution in [0.3, 0.4) is 0 Å². The third-order valence-electron chi connectivity index (χ3n) is 7.04. The van der Waals surface area contributed by atoms with Gasteiger partial charge in [-0.1, -0.05) is 49.4 Å². The third kappa shape index (κ3) is 7.36. The van der Waals surface area contributed by atoms with Gasteiger partial charge in [0.05, 0.1) is 34.7 Å². The van der Waals surface area contributed by atoms with Crippen LogP contribution in [0.25, 0.3) is 0 Å². The first-order valence-electron chi connectivity index (χ1n) is 13.2. The zero-order chi connectivity index (χ0) is 26.4. The van der Waals surface area contributed by atoms with Gasteiger partial charge in [-0.15, -0.1) is 0 Å². The van der Waals surface area contributed by atoms with Gasteiger partial charge in [0.2, 0.25) is 0 Å². The second kappa shape index (κ2) is 12.8. The van der Waals surface area contributed by atoms with Gasteiger partial charge in [0.25, 0.3) is 5.91 Å². The first-order valence-corrected chi connectivity index (χ1v) is 15.8. The summed E-state index contributed by atoms with van der Waals surface area (Å²) in [6.45, 7) is 4.70. The summed E-state index contributed by atoms with van der Waals surface area (Å²) >= 11 is 13.0. The fourth-order valence-corrected chi connectivity index (χ4v) is 7.31. The van der Waals surface area contributed by atoms with Gasteiger partial charge in [0.1, 0.15) is 5.76 Å². The molecule has 10 heteroatoms. The highest BCUT2D eigenvalue weighted by Crippen LogP contribution is 2.36. The number of nitrogens with zero attached hydrogens (tertiary/aromatic N) is 2. The summed E-state index contributed by atoms with van der Waals surface area (Å²) in [5.74, 6) is 1.42. The van der Waals surface area contributed by atoms with Crippen LogP contribution in [0.2, 0.25) is 10.0 Å². The molecule has 2 saturated heterocycles. The molecule has 2 fully saturated rings. The molecule has 37 heavy (non-hydrogen) atoms. The summed E-state index contributed by atoms with van der Waals surface area (Å²) in [7, 11) is -3.21. The van der Waals surface area contributed by atoms with E-state index in [1.807, 2.05) is 12.1 Å². The molecule has 0 N–H and O–H groups in total. The molecule has 2 aliphatic rings. The van der Waals surface area contributed by atoms with Crippen molar-refractivity contribution in [2.45, 2.75) is 70.9 Å². The lowest BCUT2D eigenvalue weighted by Gasteiger charge is -2.28. The molecule has 2 aromatic rings. The number of hydrogen-bond donors (Lipinski definition) is 0. The van der Waals surface area contributed by atoms with E-state index in [4.69, 9.17) is 32.4 Å². The highest BCUT2D eigenvalue weighted by Gasteiger charge is 2.36. The van der Waals surface area contributed by atoms with Crippen LogP contribution in [0.1, 0.15) is 74.4 Å². The van der Waals surface area contributed by atoms with Crippen LogP contribution in [-0.2, 0) is 16.4 Å². The smallest absolute Gasteiger partial charge is 0.254 e. The number of carbonyl (C=O) groups excluding carboxylic acids is 1. The van der Waals surface area contributed by atoms with Crippen molar-refractivity contribution in [3.8, 4) is 5.75 Å². The van der Waals surface area contributed by atoms with Crippen LogP contribution < -0.4 is 9.64 Å². The lowest BCUT2D eigenvalue weighted by atomic mass is 10.1. The number of sulfone groups is 1. The van der Waals surface area contributed by atoms with E-state index in [0.717, 1.165) is 57.5 Å². The zero-order valence-corrected chi connectivity index (χ0v) is 23.7. The molecule has 7 nitrogen and oxygen atoms in total. The van der Waals surface area contributed by atoms with Crippen LogP contribution in [0.5, 0.6) is 5.75 Å². The zero-order valence-electron chi connectivity index (χ0n) is 21.4. The summed E-state index contributed by atoms with van der Waals surface area (Å²) in [4.78, 5) is 17.5. The molecule has 204 valence electrons. The number of benzene rings is 1. The molecule has 0 aliphatic carbocycles. The maximum atomic E-state index is 13.7. The molecule has 1 unspecified atom stereocenters. The van der Waals surface area contributed by atoms with Gasteiger partial charge >= 0.3 is 0 Å². The summed E-state index contributed by atoms with van der Waals surface area (Å²) in [6.07, 6.45) is 8.09. The average molecular weight is 572 g/mol. The standard InChI is InChI=1S/C27H36Cl2N2O5S/c1-2-3-4-8-14-35-26-23(28)16-20(17-24(26)29)27(32)31(21-11-15-37(33,34)19-21)18-22-9-10-25(36-22)30-12-6-5-7-13-30/h9-10,16-17,21H,2-8,11-15,18-19H2,1H3. The van der Waals surface area contributed by atoms with Crippen molar-refractivity contribution in [1.82, 2.24) is 4.90 Å². The van der Waals surface area contributed by atoms with Gasteiger partial charge < -0.3 is 19.0 Å². The average Bonchev–Trinajstić information content (AvgIpc) is 3.49. The molecule has 3 heterocycles. The summed E-state index contributed by atoms with van der Waals surface area (Å²) in [5, 5.41) is 0.520. The maximum Gasteiger partial charge on any atom is 0.254 e. The minimum Gasteiger partial charge on any atom is -0.490 e. The van der Waals surface area contributed by atoms with Gasteiger partial charge in [-0.25, -0.2) is 8.42 Å². The fraction of sp³-hybridized carbons (Fsp3) is 0.593. The Morgan fingerprint density at radius 1 is 1.11 bits per heavy atom. The number of piperidine rings is 1. The molecule has 1 amide bonds. The largest absolute Gasteiger partial charge is 0.490 e. The molecule has 4 rings (SSSR count). The molecule has 1 aromatic heterocycles. The van der Waals surface area contributed by atoms with Crippen molar-refractivity contribution < 1.29 is 22.4 Å². The molecule has 2 aliphatic heterocycles. The van der Waals surface area contributed by atoms with E-state index >= 15 is 0 Å². The van der Waals surface area contributed by atoms with E-state index in [2.05, 4.69) is 11.8 Å². The topological polar surface area (TPSA) is 80.1 Å². The second-order valence-corrected chi connectivity index (χ2v) is 13.0. The first kappa shape index (κ1) is 28.1. The van der Waals surface area contributed by atoms with Gasteiger partial charge in [-0.3, -0.25) is 4.79 Å². The van der Waals surface area contributed by atoms with E-state index in [-0.39, 0.29) is 34.0 Å². The van der Waals surface area contributed by atoms with Crippen LogP contribution in [0.15, 0.2) is 28.7 Å². The van der Waals surface area contributed by atoms with Gasteiger partial charge in [0, 0.05) is 30.8 Å². The Balaban J connectivity index is 1.52. The van der Waals surface area contributed by atoms with E-state index in [1.54, 1.807) is 17.0 Å². The van der Waals surface area contributed by atoms with E-state index in [0.29, 0.717) is 30.1 Å². The molecule has 0 radical (unpaired) electrons. The fourth-order valence-electron chi connectivity index (χ4n) is 4.98. The number of hydrogen-bond acceptors (Lipinski definition) is 6. The Hall–Kier alpha value is -1.90. The van der Waals surface area contributed by atoms with Crippen molar-refractivity contribution in [3.05, 3.63) is 45.6 Å². The predicted molar refractivity (Wildman–Crippen MR) is 148 cm³/mol. The Labute approximate surface area is 230 Å². The predicted octanol–water partition coefficient (Wildman–Crippen LogP) is 6.37. The molecule has 1 atom stereocenters. The number of furan rings is 1. The minimum atomic E-state index is -3.21. The number of amides is 1. The van der Waals surface area contributed by atoms with E-state index in [1.165, 1.54) is 6.42 Å². The van der Waals surface area contributed by atoms with Crippen LogP contribution in [0, 0.1) is 0 Å². The first-order chi connectivity index (χ1) is 17.8. The molecule has 1 aromatic carbocycles. The van der Waals surface area contributed by atoms with Gasteiger partial charge in [0.15, 0.2) is 21.5 Å². The van der Waals surface area contributed by atoms with Crippen molar-refractivity contribution in [3.63, 3.8) is 0 Å². The number of anilines is 1. The van der Waals surface area contributed by atoms with Crippen molar-refractivity contribution in [1.29, 1.82) is 0 Å². The quantitative estimate of drug-likeness (QED) is 0.292. The number of rotatable bonds is 11. The van der Waals surface area contributed by atoms with Crippen molar-refractivity contribution in [2.75, 3.05) is 36.1 Å². The monoisotopic (exact) mass is 570 g/mol. The Bertz CT molecular complexity index is 1150. The highest BCUT2D eigenvalue weighted by atomic mass is 35.5. The Morgan fingerprint density at radius 3 is 2.49 bits per heavy atom. The molecular formula is C27H36Cl2N2O5S. The molecule has 0 saturated carbocycles. The lowest BCUT2D eigenvalue weighted by molar-refractivity contribution is 0.0666. The Kier molecular flexibility index (Phi) is 9.70. The number of halogens is 2. The summed E-state index contributed by atoms with van der Waals surface area (Å²) < 4.78 is 36.4. The number of unbranched alkanes of at least 4 members (excludes halogenated alkanes) is 3.